The molecule has 6 heteroatoms. The molecule has 2 atom stereocenters. The van der Waals surface area contributed by atoms with Gasteiger partial charge in [0.2, 0.25) is 0 Å². The van der Waals surface area contributed by atoms with Gasteiger partial charge in [-0.1, -0.05) is 6.07 Å². The van der Waals surface area contributed by atoms with Crippen molar-refractivity contribution in [2.75, 3.05) is 13.1 Å². The summed E-state index contributed by atoms with van der Waals surface area (Å²) in [6, 6.07) is 12.0. The molecule has 1 aromatic carbocycles. The molecule has 2 bridgehead atoms. The normalized spacial score (nSPS) is 21.9. The minimum absolute atomic E-state index is 0.0809. The van der Waals surface area contributed by atoms with E-state index in [-0.39, 0.29) is 11.3 Å². The summed E-state index contributed by atoms with van der Waals surface area (Å²) in [4.78, 5) is 26.5. The number of fused-ring (bicyclic) bond motifs is 5. The third-order valence-corrected chi connectivity index (χ3v) is 5.76. The molecule has 0 aliphatic carbocycles. The Bertz CT molecular complexity index is 1150. The number of benzene rings is 1. The van der Waals surface area contributed by atoms with Crippen LogP contribution in [0.2, 0.25) is 0 Å². The van der Waals surface area contributed by atoms with Crippen LogP contribution in [0.3, 0.4) is 0 Å². The Morgan fingerprint density at radius 1 is 1.07 bits per heavy atom. The van der Waals surface area contributed by atoms with Crippen molar-refractivity contribution < 1.29 is 9.52 Å². The second-order valence-electron chi connectivity index (χ2n) is 7.66. The first-order chi connectivity index (χ1) is 13.1. The van der Waals surface area contributed by atoms with Crippen LogP contribution >= 0.6 is 0 Å². The molecule has 27 heavy (non-hydrogen) atoms. The molecule has 5 rings (SSSR count). The van der Waals surface area contributed by atoms with Crippen LogP contribution in [0.5, 0.6) is 5.75 Å². The van der Waals surface area contributed by atoms with Crippen LogP contribution in [0.25, 0.3) is 11.0 Å². The van der Waals surface area contributed by atoms with Gasteiger partial charge in [0.05, 0.1) is 0 Å². The Balaban J connectivity index is 1.48. The van der Waals surface area contributed by atoms with E-state index in [1.165, 1.54) is 6.07 Å². The molecule has 0 amide bonds. The van der Waals surface area contributed by atoms with E-state index >= 15 is 0 Å². The summed E-state index contributed by atoms with van der Waals surface area (Å²) in [5.74, 6) is 0.853. The van der Waals surface area contributed by atoms with E-state index in [4.69, 9.17) is 4.42 Å². The fourth-order valence-electron chi connectivity index (χ4n) is 4.72. The zero-order chi connectivity index (χ0) is 18.5. The van der Waals surface area contributed by atoms with Crippen LogP contribution in [0, 0.1) is 5.92 Å². The van der Waals surface area contributed by atoms with Crippen LogP contribution in [0.15, 0.2) is 56.5 Å². The van der Waals surface area contributed by atoms with Gasteiger partial charge in [0.15, 0.2) is 0 Å². The third-order valence-electron chi connectivity index (χ3n) is 5.76. The Hall–Kier alpha value is -2.86. The summed E-state index contributed by atoms with van der Waals surface area (Å²) in [6.07, 6.45) is 1.10. The Labute approximate surface area is 155 Å². The summed E-state index contributed by atoms with van der Waals surface area (Å²) in [5, 5.41) is 10.5. The van der Waals surface area contributed by atoms with Gasteiger partial charge in [-0.25, -0.2) is 4.79 Å². The first kappa shape index (κ1) is 16.3. The molecule has 1 fully saturated rings. The van der Waals surface area contributed by atoms with Crippen molar-refractivity contribution in [1.29, 1.82) is 0 Å². The summed E-state index contributed by atoms with van der Waals surface area (Å²) in [5.41, 5.74) is 2.11. The number of phenols is 1. The smallest absolute Gasteiger partial charge is 0.336 e. The summed E-state index contributed by atoms with van der Waals surface area (Å²) < 4.78 is 7.16. The topological polar surface area (TPSA) is 75.7 Å². The van der Waals surface area contributed by atoms with Crippen molar-refractivity contribution in [1.82, 2.24) is 9.47 Å². The minimum Gasteiger partial charge on any atom is -0.508 e. The van der Waals surface area contributed by atoms with Crippen LogP contribution < -0.4 is 11.2 Å². The Morgan fingerprint density at radius 2 is 1.96 bits per heavy atom. The van der Waals surface area contributed by atoms with E-state index in [1.807, 2.05) is 10.6 Å². The van der Waals surface area contributed by atoms with Gasteiger partial charge >= 0.3 is 5.63 Å². The zero-order valence-electron chi connectivity index (χ0n) is 14.8. The number of rotatable bonds is 2. The van der Waals surface area contributed by atoms with Crippen molar-refractivity contribution in [3.05, 3.63) is 74.5 Å². The lowest BCUT2D eigenvalue weighted by molar-refractivity contribution is 0.114. The lowest BCUT2D eigenvalue weighted by atomic mass is 9.83. The number of aromatic hydroxyl groups is 1. The van der Waals surface area contributed by atoms with Crippen molar-refractivity contribution in [3.8, 4) is 5.75 Å². The minimum atomic E-state index is -0.405. The highest BCUT2D eigenvalue weighted by Crippen LogP contribution is 2.36. The Morgan fingerprint density at radius 3 is 2.85 bits per heavy atom. The second-order valence-corrected chi connectivity index (χ2v) is 7.66. The van der Waals surface area contributed by atoms with Gasteiger partial charge in [-0.05, 0) is 36.1 Å². The molecule has 0 saturated carbocycles. The van der Waals surface area contributed by atoms with E-state index in [2.05, 4.69) is 11.0 Å². The quantitative estimate of drug-likeness (QED) is 0.706. The zero-order valence-corrected chi connectivity index (χ0v) is 14.8. The van der Waals surface area contributed by atoms with Crippen LogP contribution in [0.1, 0.15) is 23.6 Å². The standard InChI is InChI=1S/C21H20N2O4/c24-16-4-5-17-14(7-21(26)27-19(17)8-16)11-22-9-13-6-15(12-22)18-2-1-3-20(25)23(18)10-13/h1-5,7-8,13,15,24H,6,9-12H2/t13-,15-/m0/s1. The van der Waals surface area contributed by atoms with E-state index in [9.17, 15) is 14.7 Å². The van der Waals surface area contributed by atoms with Crippen LogP contribution in [0.4, 0.5) is 0 Å². The monoisotopic (exact) mass is 364 g/mol. The summed E-state index contributed by atoms with van der Waals surface area (Å²) >= 11 is 0. The average Bonchev–Trinajstić information content (AvgIpc) is 2.62. The third kappa shape index (κ3) is 2.86. The molecule has 2 aromatic heterocycles. The van der Waals surface area contributed by atoms with Crippen molar-refractivity contribution in [2.45, 2.75) is 25.4 Å². The first-order valence-corrected chi connectivity index (χ1v) is 9.25. The average molecular weight is 364 g/mol. The molecular weight excluding hydrogens is 344 g/mol. The van der Waals surface area contributed by atoms with Gasteiger partial charge < -0.3 is 14.1 Å². The number of hydrogen-bond acceptors (Lipinski definition) is 5. The van der Waals surface area contributed by atoms with E-state index in [1.54, 1.807) is 24.3 Å². The lowest BCUT2D eigenvalue weighted by Crippen LogP contribution is -2.46. The second kappa shape index (κ2) is 6.09. The van der Waals surface area contributed by atoms with Gasteiger partial charge in [-0.2, -0.15) is 0 Å². The molecule has 2 aliphatic rings. The summed E-state index contributed by atoms with van der Waals surface area (Å²) in [6.45, 7) is 3.17. The lowest BCUT2D eigenvalue weighted by Gasteiger charge is -2.42. The number of likely N-dealkylation sites (tertiary alicyclic amines) is 1. The summed E-state index contributed by atoms with van der Waals surface area (Å²) in [7, 11) is 0. The number of piperidine rings is 1. The maximum atomic E-state index is 12.2. The van der Waals surface area contributed by atoms with Gasteiger partial charge in [-0.15, -0.1) is 0 Å². The predicted octanol–water partition coefficient (Wildman–Crippen LogP) is 2.28. The molecular formula is C21H20N2O4. The van der Waals surface area contributed by atoms with Crippen molar-refractivity contribution in [3.63, 3.8) is 0 Å². The van der Waals surface area contributed by atoms with Crippen molar-refractivity contribution >= 4 is 11.0 Å². The predicted molar refractivity (Wildman–Crippen MR) is 101 cm³/mol. The number of hydrogen-bond donors (Lipinski definition) is 1. The molecule has 0 radical (unpaired) electrons. The molecule has 2 aliphatic heterocycles. The maximum Gasteiger partial charge on any atom is 0.336 e. The van der Waals surface area contributed by atoms with Crippen LogP contribution in [-0.2, 0) is 13.1 Å². The fourth-order valence-corrected chi connectivity index (χ4v) is 4.72. The molecule has 1 saturated heterocycles. The number of nitrogens with zero attached hydrogens (tertiary/aromatic N) is 2. The highest BCUT2D eigenvalue weighted by molar-refractivity contribution is 5.81. The van der Waals surface area contributed by atoms with Gasteiger partial charge in [0.1, 0.15) is 11.3 Å². The number of aromatic nitrogens is 1. The molecule has 3 aromatic rings. The Kier molecular flexibility index (Phi) is 3.68. The maximum absolute atomic E-state index is 12.2. The molecule has 6 nitrogen and oxygen atoms in total. The fraction of sp³-hybridized carbons (Fsp3) is 0.333. The molecule has 4 heterocycles. The highest BCUT2D eigenvalue weighted by Gasteiger charge is 2.34. The van der Waals surface area contributed by atoms with Gasteiger partial charge in [0, 0.05) is 61.4 Å². The number of phenolic OH excluding ortho intramolecular Hbond substituents is 1. The van der Waals surface area contributed by atoms with Gasteiger partial charge in [-0.3, -0.25) is 9.69 Å². The molecule has 0 spiro atoms. The molecule has 1 N–H and O–H groups in total. The largest absolute Gasteiger partial charge is 0.508 e. The SMILES string of the molecule is O=c1cc(CN2C[C@@H]3C[C@@H](C2)c2cccc(=O)n2C3)c2ccc(O)cc2o1. The highest BCUT2D eigenvalue weighted by atomic mass is 16.4. The van der Waals surface area contributed by atoms with Gasteiger partial charge in [0.25, 0.3) is 5.56 Å². The first-order valence-electron chi connectivity index (χ1n) is 9.25. The number of pyridine rings is 1. The molecule has 0 unspecified atom stereocenters. The van der Waals surface area contributed by atoms with Crippen LogP contribution in [-0.4, -0.2) is 27.7 Å². The molecule has 138 valence electrons. The van der Waals surface area contributed by atoms with E-state index in [0.717, 1.165) is 42.7 Å². The van der Waals surface area contributed by atoms with E-state index < -0.39 is 5.63 Å². The van der Waals surface area contributed by atoms with Crippen molar-refractivity contribution in [2.24, 2.45) is 5.92 Å². The van der Waals surface area contributed by atoms with E-state index in [0.29, 0.717) is 24.0 Å².